The molecule has 0 unspecified atom stereocenters. The van der Waals surface area contributed by atoms with Gasteiger partial charge in [-0.3, -0.25) is 33.5 Å². The lowest BCUT2D eigenvalue weighted by molar-refractivity contribution is 0.370. The van der Waals surface area contributed by atoms with E-state index in [1.54, 1.807) is 15.3 Å². The summed E-state index contributed by atoms with van der Waals surface area (Å²) >= 11 is 0. The van der Waals surface area contributed by atoms with Crippen LogP contribution in [0.3, 0.4) is 0 Å². The molecule has 21 nitrogen and oxygen atoms in total. The molecule has 0 fully saturated rings. The molecule has 0 saturated carbocycles. The summed E-state index contributed by atoms with van der Waals surface area (Å²) in [5, 5.41) is 2.33. The van der Waals surface area contributed by atoms with Crippen LogP contribution in [0.25, 0.3) is 33.1 Å². The molecule has 0 amide bonds. The fraction of sp³-hybridized carbons (Fsp3) is 0.606. The number of nitrogen functional groups attached to an aromatic ring is 3. The summed E-state index contributed by atoms with van der Waals surface area (Å²) in [4.78, 5) is 88.1. The molecule has 0 aliphatic heterocycles. The highest BCUT2D eigenvalue weighted by Gasteiger charge is 2.31. The van der Waals surface area contributed by atoms with E-state index in [2.05, 4.69) is 207 Å². The standard InChI is InChI=1S/C14H22N4O.C14H22N4.C14H21N3O.C12H21N3O.C12H20N2O2/c1-13(2,3)8-7-18(14(4,5)6)10-9(8)11(19)17-12(15)16-10;1-13(2,3)9-7-18(14(4,5)6)12-10(9)11(15)16-8-17-12;1-13(2,3)9-7-17(14(4,5)6)11-10(9)12(18)16-8-15-11;1-11(2,3)8-7-15(12(4,5)6)10(16)14-9(8)13;1-11(2,3)8-7-14(12(4,5)6)10(16)13-9(8)15/h7H,1-6H3,(H3,15,16,17,19);7-8H,1-6H3,(H2,15,16,17);7-8H,1-6H3,(H,15,16,18);7H,1-6H3,(H2,13,14,16);7H,1-6H3,(H,13,15,16). The van der Waals surface area contributed by atoms with Crippen LogP contribution in [0.5, 0.6) is 0 Å². The monoisotopic (exact) mass is 1200 g/mol. The number of anilines is 3. The maximum absolute atomic E-state index is 12.2. The number of nitrogens with two attached hydrogens (primary N) is 3. The van der Waals surface area contributed by atoms with Crippen LogP contribution in [0.2, 0.25) is 0 Å². The summed E-state index contributed by atoms with van der Waals surface area (Å²) < 4.78 is 9.48. The van der Waals surface area contributed by atoms with Gasteiger partial charge in [0, 0.05) is 69.8 Å². The molecule has 0 radical (unpaired) electrons. The molecule has 8 aromatic heterocycles. The first-order valence-corrected chi connectivity index (χ1v) is 29.7. The number of hydrogen-bond donors (Lipinski definition) is 6. The fourth-order valence-corrected chi connectivity index (χ4v) is 9.58. The maximum Gasteiger partial charge on any atom is 0.349 e. The molecule has 87 heavy (non-hydrogen) atoms. The van der Waals surface area contributed by atoms with Gasteiger partial charge in [-0.1, -0.05) is 104 Å². The average Bonchev–Trinajstić information content (AvgIpc) is 1.68. The Labute approximate surface area is 514 Å². The van der Waals surface area contributed by atoms with Gasteiger partial charge in [0.25, 0.3) is 16.7 Å². The second kappa shape index (κ2) is 24.2. The number of hydrogen-bond acceptors (Lipinski definition) is 13. The quantitative estimate of drug-likeness (QED) is 0.0824. The Bertz CT molecular complexity index is 4020. The van der Waals surface area contributed by atoms with E-state index in [0.29, 0.717) is 33.6 Å². The minimum atomic E-state index is -0.356. The van der Waals surface area contributed by atoms with Crippen LogP contribution in [0.1, 0.15) is 236 Å². The predicted octanol–water partition coefficient (Wildman–Crippen LogP) is 11.7. The molecule has 0 aliphatic rings. The van der Waals surface area contributed by atoms with Gasteiger partial charge in [-0.2, -0.15) is 9.97 Å². The summed E-state index contributed by atoms with van der Waals surface area (Å²) in [6.07, 6.45) is 12.7. The lowest BCUT2D eigenvalue weighted by Gasteiger charge is -2.26. The molecular formula is C66H106N16O5. The zero-order chi connectivity index (χ0) is 67.5. The molecule has 8 rings (SSSR count). The smallest absolute Gasteiger partial charge is 0.349 e. The van der Waals surface area contributed by atoms with Gasteiger partial charge in [0.2, 0.25) is 5.95 Å². The van der Waals surface area contributed by atoms with Crippen molar-refractivity contribution in [1.29, 1.82) is 0 Å². The third kappa shape index (κ3) is 16.9. The molecule has 9 N–H and O–H groups in total. The van der Waals surface area contributed by atoms with Crippen LogP contribution in [0, 0.1) is 0 Å². The van der Waals surface area contributed by atoms with E-state index in [1.165, 1.54) is 18.2 Å². The number of nitrogens with zero attached hydrogens (tertiary/aromatic N) is 10. The minimum Gasteiger partial charge on any atom is -0.383 e. The van der Waals surface area contributed by atoms with Gasteiger partial charge in [-0.05, 0) is 148 Å². The Morgan fingerprint density at radius 1 is 0.345 bits per heavy atom. The Morgan fingerprint density at radius 2 is 0.701 bits per heavy atom. The molecule has 480 valence electrons. The van der Waals surface area contributed by atoms with Gasteiger partial charge in [-0.25, -0.2) is 24.5 Å². The zero-order valence-electron chi connectivity index (χ0n) is 58.3. The van der Waals surface area contributed by atoms with Crippen molar-refractivity contribution in [3.05, 3.63) is 123 Å². The van der Waals surface area contributed by atoms with Crippen LogP contribution >= 0.6 is 0 Å². The first-order chi connectivity index (χ1) is 38.8. The minimum absolute atomic E-state index is 0.0214. The highest BCUT2D eigenvalue weighted by molar-refractivity contribution is 5.91. The number of rotatable bonds is 0. The van der Waals surface area contributed by atoms with E-state index in [4.69, 9.17) is 17.2 Å². The molecule has 0 aromatic carbocycles. The fourth-order valence-electron chi connectivity index (χ4n) is 9.58. The van der Waals surface area contributed by atoms with Crippen molar-refractivity contribution in [2.45, 2.75) is 262 Å². The van der Waals surface area contributed by atoms with Crippen molar-refractivity contribution in [3.8, 4) is 0 Å². The van der Waals surface area contributed by atoms with Crippen molar-refractivity contribution in [2.75, 3.05) is 17.2 Å². The van der Waals surface area contributed by atoms with Crippen molar-refractivity contribution in [2.24, 2.45) is 0 Å². The van der Waals surface area contributed by atoms with Crippen LogP contribution in [-0.4, -0.2) is 62.7 Å². The molecular weight excluding hydrogens is 1100 g/mol. The van der Waals surface area contributed by atoms with E-state index in [9.17, 15) is 24.0 Å². The van der Waals surface area contributed by atoms with E-state index in [-0.39, 0.29) is 88.8 Å². The number of nitrogens with one attached hydrogen (secondary N) is 3. The summed E-state index contributed by atoms with van der Waals surface area (Å²) in [7, 11) is 0. The van der Waals surface area contributed by atoms with E-state index in [1.807, 2.05) is 79.3 Å². The Kier molecular flexibility index (Phi) is 20.0. The van der Waals surface area contributed by atoms with E-state index < -0.39 is 0 Å². The van der Waals surface area contributed by atoms with Crippen molar-refractivity contribution < 1.29 is 0 Å². The van der Waals surface area contributed by atoms with Crippen LogP contribution < -0.4 is 45.3 Å². The topological polar surface area (TPSA) is 300 Å². The maximum atomic E-state index is 12.2. The summed E-state index contributed by atoms with van der Waals surface area (Å²) in [5.74, 6) is 1.05. The van der Waals surface area contributed by atoms with E-state index in [0.717, 1.165) is 33.4 Å². The molecule has 0 bridgehead atoms. The highest BCUT2D eigenvalue weighted by atomic mass is 16.2. The SMILES string of the molecule is CC(C)(C)c1cn(C(C)(C)C)c(=O)[nH]c1=O.CC(C)(C)c1cn(C(C)(C)C)c(=O)nc1N.CC(C)(C)c1cn(C(C)(C)C)c2nc(N)[nH]c(=O)c12.CC(C)(C)c1cn(C(C)(C)C)c2nc[nH]c(=O)c12.CC(C)(C)c1cn(C(C)(C)C)c2ncnc(N)c12. The largest absolute Gasteiger partial charge is 0.383 e. The van der Waals surface area contributed by atoms with Gasteiger partial charge < -0.3 is 35.9 Å². The first kappa shape index (κ1) is 71.9. The second-order valence-electron chi connectivity index (χ2n) is 32.7. The molecule has 0 spiro atoms. The van der Waals surface area contributed by atoms with Crippen molar-refractivity contribution in [1.82, 2.24) is 62.7 Å². The average molecular weight is 1200 g/mol. The Balaban J connectivity index is 0.000000233. The normalized spacial score (nSPS) is 13.1. The van der Waals surface area contributed by atoms with Crippen LogP contribution in [0.4, 0.5) is 17.6 Å². The van der Waals surface area contributed by atoms with Gasteiger partial charge in [0.15, 0.2) is 0 Å². The molecule has 8 aromatic rings. The Hall–Kier alpha value is -7.58. The third-order valence-electron chi connectivity index (χ3n) is 14.4. The Morgan fingerprint density at radius 3 is 1.10 bits per heavy atom. The lowest BCUT2D eigenvalue weighted by atomic mass is 9.87. The van der Waals surface area contributed by atoms with Crippen LogP contribution in [-0.2, 0) is 54.8 Å². The van der Waals surface area contributed by atoms with Crippen molar-refractivity contribution >= 4 is 50.7 Å². The van der Waals surface area contributed by atoms with Gasteiger partial charge >= 0.3 is 11.4 Å². The summed E-state index contributed by atoms with van der Waals surface area (Å²) in [5.41, 5.74) is 22.0. The summed E-state index contributed by atoms with van der Waals surface area (Å²) in [6, 6.07) is 0. The molecule has 0 saturated heterocycles. The van der Waals surface area contributed by atoms with Gasteiger partial charge in [-0.15, -0.1) is 0 Å². The first-order valence-electron chi connectivity index (χ1n) is 29.7. The zero-order valence-corrected chi connectivity index (χ0v) is 58.3. The van der Waals surface area contributed by atoms with Gasteiger partial charge in [0.1, 0.15) is 34.9 Å². The number of aromatic amines is 3. The van der Waals surface area contributed by atoms with Crippen molar-refractivity contribution in [3.63, 3.8) is 0 Å². The second-order valence-corrected chi connectivity index (χ2v) is 32.7. The third-order valence-corrected chi connectivity index (χ3v) is 14.4. The highest BCUT2D eigenvalue weighted by Crippen LogP contribution is 2.37. The van der Waals surface area contributed by atoms with Crippen LogP contribution in [0.15, 0.2) is 67.6 Å². The molecule has 8 heterocycles. The molecule has 21 heteroatoms. The number of H-pyrrole nitrogens is 3. The summed E-state index contributed by atoms with van der Waals surface area (Å²) in [6.45, 7) is 61.9. The number of aromatic nitrogens is 13. The molecule has 0 aliphatic carbocycles. The van der Waals surface area contributed by atoms with E-state index >= 15 is 0 Å². The van der Waals surface area contributed by atoms with Gasteiger partial charge in [0.05, 0.1) is 22.5 Å². The number of fused-ring (bicyclic) bond motifs is 3. The predicted molar refractivity (Wildman–Crippen MR) is 360 cm³/mol. The lowest BCUT2D eigenvalue weighted by Crippen LogP contribution is -2.41. The molecule has 0 atom stereocenters.